The number of benzene rings is 1. The van der Waals surface area contributed by atoms with Crippen LogP contribution in [0.15, 0.2) is 30.6 Å². The molecule has 1 amide bonds. The van der Waals surface area contributed by atoms with Crippen LogP contribution in [0.2, 0.25) is 0 Å². The van der Waals surface area contributed by atoms with Gasteiger partial charge in [-0.1, -0.05) is 12.1 Å². The monoisotopic (exact) mass is 317 g/mol. The van der Waals surface area contributed by atoms with Gasteiger partial charge < -0.3 is 19.3 Å². The Bertz CT molecular complexity index is 695. The molecular weight excluding hydrogens is 294 g/mol. The molecule has 124 valence electrons. The van der Waals surface area contributed by atoms with E-state index in [9.17, 15) is 9.90 Å². The number of nitrogens with zero attached hydrogens (tertiary/aromatic N) is 3. The molecule has 23 heavy (non-hydrogen) atoms. The summed E-state index contributed by atoms with van der Waals surface area (Å²) in [6.07, 6.45) is 3.75. The molecule has 1 aliphatic heterocycles. The molecular formula is C17H23N3O3. The molecule has 2 aromatic rings. The molecule has 1 aromatic heterocycles. The van der Waals surface area contributed by atoms with Crippen LogP contribution in [0.5, 0.6) is 0 Å². The van der Waals surface area contributed by atoms with Gasteiger partial charge in [0.25, 0.3) is 5.91 Å². The summed E-state index contributed by atoms with van der Waals surface area (Å²) in [5.41, 5.74) is 0.561. The number of hydrogen-bond donors (Lipinski definition) is 1. The van der Waals surface area contributed by atoms with Gasteiger partial charge in [0, 0.05) is 20.2 Å². The average Bonchev–Trinajstić information content (AvgIpc) is 2.98. The second kappa shape index (κ2) is 6.29. The van der Waals surface area contributed by atoms with Crippen molar-refractivity contribution in [3.05, 3.63) is 30.6 Å². The highest BCUT2D eigenvalue weighted by Gasteiger charge is 2.37. The molecule has 1 aliphatic rings. The Morgan fingerprint density at radius 3 is 3.04 bits per heavy atom. The Hall–Kier alpha value is -1.92. The van der Waals surface area contributed by atoms with Gasteiger partial charge >= 0.3 is 0 Å². The van der Waals surface area contributed by atoms with E-state index >= 15 is 0 Å². The van der Waals surface area contributed by atoms with Crippen LogP contribution in [0.25, 0.3) is 11.0 Å². The Balaban J connectivity index is 1.80. The lowest BCUT2D eigenvalue weighted by Gasteiger charge is -2.37. The second-order valence-corrected chi connectivity index (χ2v) is 6.39. The van der Waals surface area contributed by atoms with Crippen LogP contribution >= 0.6 is 0 Å². The number of fused-ring (bicyclic) bond motifs is 1. The van der Waals surface area contributed by atoms with Crippen molar-refractivity contribution in [1.82, 2.24) is 14.5 Å². The number of carbonyl (C=O) groups is 1. The predicted molar refractivity (Wildman–Crippen MR) is 87.1 cm³/mol. The average molecular weight is 317 g/mol. The quantitative estimate of drug-likeness (QED) is 0.930. The fourth-order valence-electron chi connectivity index (χ4n) is 3.32. The summed E-state index contributed by atoms with van der Waals surface area (Å²) < 4.78 is 7.10. The first-order valence-corrected chi connectivity index (χ1v) is 7.95. The first kappa shape index (κ1) is 16.0. The highest BCUT2D eigenvalue weighted by atomic mass is 16.5. The maximum atomic E-state index is 12.6. The molecule has 0 bridgehead atoms. The minimum absolute atomic E-state index is 0.000998. The molecule has 0 unspecified atom stereocenters. The molecule has 0 aliphatic carbocycles. The number of aliphatic hydroxyl groups is 1. The largest absolute Gasteiger partial charge is 0.381 e. The SMILES string of the molecule is COC[C@](C)(O)C(=O)N1CCC[C@@H](n2cnc3ccccc32)C1. The summed E-state index contributed by atoms with van der Waals surface area (Å²) in [6, 6.07) is 8.18. The smallest absolute Gasteiger partial charge is 0.256 e. The number of carbonyl (C=O) groups excluding carboxylic acids is 1. The maximum Gasteiger partial charge on any atom is 0.256 e. The van der Waals surface area contributed by atoms with E-state index in [2.05, 4.69) is 9.55 Å². The third kappa shape index (κ3) is 3.09. The first-order valence-electron chi connectivity index (χ1n) is 7.95. The Morgan fingerprint density at radius 1 is 1.48 bits per heavy atom. The molecule has 3 rings (SSSR count). The molecule has 2 heterocycles. The van der Waals surface area contributed by atoms with E-state index in [1.54, 1.807) is 4.90 Å². The Kier molecular flexibility index (Phi) is 4.37. The van der Waals surface area contributed by atoms with Crippen LogP contribution in [-0.4, -0.2) is 57.9 Å². The van der Waals surface area contributed by atoms with Crippen molar-refractivity contribution >= 4 is 16.9 Å². The fraction of sp³-hybridized carbons (Fsp3) is 0.529. The van der Waals surface area contributed by atoms with Gasteiger partial charge in [-0.25, -0.2) is 4.98 Å². The zero-order chi connectivity index (χ0) is 16.4. The van der Waals surface area contributed by atoms with Gasteiger partial charge in [0.05, 0.1) is 30.0 Å². The van der Waals surface area contributed by atoms with Gasteiger partial charge in [-0.2, -0.15) is 0 Å². The number of ether oxygens (including phenoxy) is 1. The molecule has 1 saturated heterocycles. The van der Waals surface area contributed by atoms with Gasteiger partial charge in [-0.15, -0.1) is 0 Å². The number of imidazole rings is 1. The summed E-state index contributed by atoms with van der Waals surface area (Å²) in [4.78, 5) is 18.7. The van der Waals surface area contributed by atoms with Crippen molar-refractivity contribution < 1.29 is 14.6 Å². The third-order valence-corrected chi connectivity index (χ3v) is 4.44. The van der Waals surface area contributed by atoms with Crippen molar-refractivity contribution in [3.8, 4) is 0 Å². The van der Waals surface area contributed by atoms with E-state index in [-0.39, 0.29) is 18.6 Å². The van der Waals surface area contributed by atoms with E-state index in [0.717, 1.165) is 23.9 Å². The number of rotatable bonds is 4. The van der Waals surface area contributed by atoms with E-state index in [1.807, 2.05) is 30.6 Å². The number of hydrogen-bond acceptors (Lipinski definition) is 4. The van der Waals surface area contributed by atoms with E-state index in [1.165, 1.54) is 14.0 Å². The molecule has 6 heteroatoms. The van der Waals surface area contributed by atoms with Gasteiger partial charge in [-0.3, -0.25) is 4.79 Å². The number of para-hydroxylation sites is 2. The third-order valence-electron chi connectivity index (χ3n) is 4.44. The molecule has 0 spiro atoms. The number of amides is 1. The summed E-state index contributed by atoms with van der Waals surface area (Å²) in [5.74, 6) is -0.270. The topological polar surface area (TPSA) is 67.6 Å². The standard InChI is InChI=1S/C17H23N3O3/c1-17(22,11-23-2)16(21)19-9-5-6-13(10-19)20-12-18-14-7-3-4-8-15(14)20/h3-4,7-8,12-13,22H,5-6,9-11H2,1-2H3/t13-,17+/m1/s1. The lowest BCUT2D eigenvalue weighted by atomic mass is 10.0. The number of piperidine rings is 1. The number of aromatic nitrogens is 2. The minimum atomic E-state index is -1.48. The van der Waals surface area contributed by atoms with Crippen molar-refractivity contribution in [2.24, 2.45) is 0 Å². The van der Waals surface area contributed by atoms with Crippen LogP contribution in [0.1, 0.15) is 25.8 Å². The molecule has 1 N–H and O–H groups in total. The maximum absolute atomic E-state index is 12.6. The van der Waals surface area contributed by atoms with Crippen molar-refractivity contribution in [1.29, 1.82) is 0 Å². The van der Waals surface area contributed by atoms with Crippen LogP contribution in [-0.2, 0) is 9.53 Å². The van der Waals surface area contributed by atoms with Crippen LogP contribution in [0.4, 0.5) is 0 Å². The molecule has 0 saturated carbocycles. The Morgan fingerprint density at radius 2 is 2.26 bits per heavy atom. The van der Waals surface area contributed by atoms with Crippen molar-refractivity contribution in [2.75, 3.05) is 26.8 Å². The summed E-state index contributed by atoms with van der Waals surface area (Å²) in [5, 5.41) is 10.3. The first-order chi connectivity index (χ1) is 11.0. The molecule has 2 atom stereocenters. The van der Waals surface area contributed by atoms with E-state index in [4.69, 9.17) is 4.74 Å². The zero-order valence-corrected chi connectivity index (χ0v) is 13.6. The molecule has 1 aromatic carbocycles. The lowest BCUT2D eigenvalue weighted by molar-refractivity contribution is -0.156. The lowest BCUT2D eigenvalue weighted by Crippen LogP contribution is -2.52. The van der Waals surface area contributed by atoms with Crippen LogP contribution < -0.4 is 0 Å². The van der Waals surface area contributed by atoms with Gasteiger partial charge in [0.1, 0.15) is 0 Å². The van der Waals surface area contributed by atoms with Crippen LogP contribution in [0, 0.1) is 0 Å². The summed E-state index contributed by atoms with van der Waals surface area (Å²) in [6.45, 7) is 2.76. The highest BCUT2D eigenvalue weighted by molar-refractivity contribution is 5.85. The minimum Gasteiger partial charge on any atom is -0.381 e. The van der Waals surface area contributed by atoms with Gasteiger partial charge in [0.2, 0.25) is 0 Å². The summed E-state index contributed by atoms with van der Waals surface area (Å²) >= 11 is 0. The number of likely N-dealkylation sites (tertiary alicyclic amines) is 1. The molecule has 6 nitrogen and oxygen atoms in total. The molecule has 0 radical (unpaired) electrons. The van der Waals surface area contributed by atoms with Crippen LogP contribution in [0.3, 0.4) is 0 Å². The van der Waals surface area contributed by atoms with Gasteiger partial charge in [0.15, 0.2) is 5.60 Å². The summed E-state index contributed by atoms with van der Waals surface area (Å²) in [7, 11) is 1.48. The zero-order valence-electron chi connectivity index (χ0n) is 13.6. The van der Waals surface area contributed by atoms with Crippen molar-refractivity contribution in [2.45, 2.75) is 31.4 Å². The number of methoxy groups -OCH3 is 1. The van der Waals surface area contributed by atoms with Crippen molar-refractivity contribution in [3.63, 3.8) is 0 Å². The van der Waals surface area contributed by atoms with Gasteiger partial charge in [-0.05, 0) is 31.9 Å². The highest BCUT2D eigenvalue weighted by Crippen LogP contribution is 2.27. The Labute approximate surface area is 135 Å². The predicted octanol–water partition coefficient (Wildman–Crippen LogP) is 1.60. The van der Waals surface area contributed by atoms with E-state index < -0.39 is 5.60 Å². The second-order valence-electron chi connectivity index (χ2n) is 6.39. The normalized spacial score (nSPS) is 21.3. The fourth-order valence-corrected chi connectivity index (χ4v) is 3.32. The van der Waals surface area contributed by atoms with E-state index in [0.29, 0.717) is 13.1 Å². The molecule has 1 fully saturated rings.